The van der Waals surface area contributed by atoms with Gasteiger partial charge >= 0.3 is 12.2 Å². The monoisotopic (exact) mass is 552 g/mol. The van der Waals surface area contributed by atoms with E-state index in [1.54, 1.807) is 30.3 Å². The quantitative estimate of drug-likeness (QED) is 0.460. The summed E-state index contributed by atoms with van der Waals surface area (Å²) in [7, 11) is 0. The lowest BCUT2D eigenvalue weighted by atomic mass is 10.1. The van der Waals surface area contributed by atoms with E-state index >= 15 is 0 Å². The summed E-state index contributed by atoms with van der Waals surface area (Å²) in [5.74, 6) is 0.0857. The van der Waals surface area contributed by atoms with Gasteiger partial charge in [0.15, 0.2) is 11.6 Å². The molecule has 0 spiro atoms. The van der Waals surface area contributed by atoms with Gasteiger partial charge in [-0.15, -0.1) is 10.2 Å². The number of alkyl halides is 3. The molecule has 13 heteroatoms. The minimum absolute atomic E-state index is 0.226. The smallest absolute Gasteiger partial charge is 0.352 e. The Hall–Kier alpha value is -3.57. The summed E-state index contributed by atoms with van der Waals surface area (Å²) in [6.07, 6.45) is -4.61. The van der Waals surface area contributed by atoms with Crippen LogP contribution in [-0.4, -0.2) is 53.2 Å². The molecule has 2 N–H and O–H groups in total. The Morgan fingerprint density at radius 3 is 2.30 bits per heavy atom. The molecule has 4 rings (SSSR count). The second-order valence-electron chi connectivity index (χ2n) is 8.16. The van der Waals surface area contributed by atoms with Crippen molar-refractivity contribution in [1.29, 1.82) is 0 Å². The van der Waals surface area contributed by atoms with Crippen molar-refractivity contribution in [2.75, 3.05) is 36.4 Å². The normalized spacial score (nSPS) is 13.9. The van der Waals surface area contributed by atoms with E-state index in [-0.39, 0.29) is 31.0 Å². The first-order chi connectivity index (χ1) is 17.6. The Morgan fingerprint density at radius 1 is 0.919 bits per heavy atom. The molecule has 8 nitrogen and oxygen atoms in total. The highest BCUT2D eigenvalue weighted by Gasteiger charge is 2.36. The maximum absolute atomic E-state index is 13.3. The molecule has 3 amide bonds. The number of halogens is 5. The van der Waals surface area contributed by atoms with Crippen molar-refractivity contribution < 1.29 is 22.8 Å². The lowest BCUT2D eigenvalue weighted by Crippen LogP contribution is -2.49. The van der Waals surface area contributed by atoms with Crippen molar-refractivity contribution in [3.05, 3.63) is 81.3 Å². The van der Waals surface area contributed by atoms with Crippen LogP contribution in [0.25, 0.3) is 0 Å². The van der Waals surface area contributed by atoms with Gasteiger partial charge in [-0.25, -0.2) is 4.79 Å². The van der Waals surface area contributed by atoms with Gasteiger partial charge in [-0.3, -0.25) is 10.1 Å². The molecule has 1 aliphatic heterocycles. The number of nitrogens with one attached hydrogen (secondary N) is 2. The van der Waals surface area contributed by atoms with Crippen LogP contribution in [0.3, 0.4) is 0 Å². The van der Waals surface area contributed by atoms with Crippen LogP contribution in [-0.2, 0) is 12.7 Å². The van der Waals surface area contributed by atoms with Crippen molar-refractivity contribution in [3.63, 3.8) is 0 Å². The minimum Gasteiger partial charge on any atom is -0.352 e. The van der Waals surface area contributed by atoms with Crippen LogP contribution < -0.4 is 15.5 Å². The van der Waals surface area contributed by atoms with Crippen molar-refractivity contribution in [3.8, 4) is 0 Å². The van der Waals surface area contributed by atoms with E-state index in [4.69, 9.17) is 23.2 Å². The molecule has 194 valence electrons. The third-order valence-corrected chi connectivity index (χ3v) is 6.42. The fraction of sp³-hybridized carbons (Fsp3) is 0.250. The number of amides is 3. The van der Waals surface area contributed by atoms with Crippen molar-refractivity contribution in [2.45, 2.75) is 12.7 Å². The first-order valence-corrected chi connectivity index (χ1v) is 11.9. The highest BCUT2D eigenvalue weighted by atomic mass is 35.5. The average molecular weight is 553 g/mol. The molecular formula is C24H21Cl2F3N6O2. The molecule has 0 radical (unpaired) electrons. The maximum atomic E-state index is 13.3. The molecule has 3 aromatic rings. The Bertz CT molecular complexity index is 1280. The summed E-state index contributed by atoms with van der Waals surface area (Å²) in [6, 6.07) is 12.6. The molecule has 0 atom stereocenters. The third kappa shape index (κ3) is 6.60. The molecule has 2 heterocycles. The summed E-state index contributed by atoms with van der Waals surface area (Å²) < 4.78 is 39.9. The van der Waals surface area contributed by atoms with E-state index in [0.29, 0.717) is 29.0 Å². The highest BCUT2D eigenvalue weighted by Crippen LogP contribution is 2.32. The molecular weight excluding hydrogens is 532 g/mol. The lowest BCUT2D eigenvalue weighted by molar-refractivity contribution is -0.138. The van der Waals surface area contributed by atoms with E-state index in [1.807, 2.05) is 4.90 Å². The fourth-order valence-electron chi connectivity index (χ4n) is 3.78. The van der Waals surface area contributed by atoms with E-state index in [0.717, 1.165) is 11.6 Å². The van der Waals surface area contributed by atoms with Crippen molar-refractivity contribution in [2.24, 2.45) is 0 Å². The van der Waals surface area contributed by atoms with Gasteiger partial charge in [0, 0.05) is 32.7 Å². The predicted molar refractivity (Wildman–Crippen MR) is 134 cm³/mol. The van der Waals surface area contributed by atoms with E-state index < -0.39 is 23.7 Å². The molecule has 1 saturated heterocycles. The number of urea groups is 1. The molecule has 0 saturated carbocycles. The Kier molecular flexibility index (Phi) is 8.03. The van der Waals surface area contributed by atoms with Gasteiger partial charge in [0.2, 0.25) is 0 Å². The first kappa shape index (κ1) is 26.5. The van der Waals surface area contributed by atoms with Crippen LogP contribution in [0.2, 0.25) is 10.0 Å². The fourth-order valence-corrected chi connectivity index (χ4v) is 4.10. The predicted octanol–water partition coefficient (Wildman–Crippen LogP) is 5.09. The van der Waals surface area contributed by atoms with Gasteiger partial charge < -0.3 is 15.1 Å². The van der Waals surface area contributed by atoms with Gasteiger partial charge in [-0.1, -0.05) is 41.4 Å². The molecule has 1 aliphatic rings. The minimum atomic E-state index is -4.61. The van der Waals surface area contributed by atoms with Crippen LogP contribution in [0.5, 0.6) is 0 Å². The lowest BCUT2D eigenvalue weighted by Gasteiger charge is -2.35. The number of nitrogens with zero attached hydrogens (tertiary/aromatic N) is 4. The number of aromatic nitrogens is 2. The largest absolute Gasteiger partial charge is 0.417 e. The Balaban J connectivity index is 1.29. The molecule has 37 heavy (non-hydrogen) atoms. The summed E-state index contributed by atoms with van der Waals surface area (Å²) in [5, 5.41) is 14.2. The summed E-state index contributed by atoms with van der Waals surface area (Å²) in [5.41, 5.74) is -0.543. The topological polar surface area (TPSA) is 90.5 Å². The van der Waals surface area contributed by atoms with Crippen molar-refractivity contribution in [1.82, 2.24) is 20.4 Å². The molecule has 0 bridgehead atoms. The summed E-state index contributed by atoms with van der Waals surface area (Å²) in [4.78, 5) is 28.2. The highest BCUT2D eigenvalue weighted by molar-refractivity contribution is 6.42. The molecule has 0 unspecified atom stereocenters. The number of rotatable bonds is 5. The zero-order chi connectivity index (χ0) is 26.6. The van der Waals surface area contributed by atoms with Crippen LogP contribution in [0.15, 0.2) is 54.6 Å². The number of anilines is 2. The van der Waals surface area contributed by atoms with Gasteiger partial charge in [0.25, 0.3) is 5.91 Å². The summed E-state index contributed by atoms with van der Waals surface area (Å²) >= 11 is 11.9. The molecule has 0 aliphatic carbocycles. The number of piperazine rings is 1. The van der Waals surface area contributed by atoms with Gasteiger partial charge in [0.1, 0.15) is 0 Å². The number of carbonyl (C=O) groups excluding carboxylic acids is 2. The number of benzene rings is 2. The van der Waals surface area contributed by atoms with E-state index in [1.165, 1.54) is 23.1 Å². The van der Waals surface area contributed by atoms with E-state index in [2.05, 4.69) is 20.8 Å². The van der Waals surface area contributed by atoms with E-state index in [9.17, 15) is 22.8 Å². The zero-order valence-corrected chi connectivity index (χ0v) is 20.7. The maximum Gasteiger partial charge on any atom is 0.417 e. The van der Waals surface area contributed by atoms with Crippen LogP contribution in [0.4, 0.5) is 29.6 Å². The standard InChI is InChI=1S/C24H21Cl2F3N6O2/c25-18-6-5-15(13-19(18)26)14-30-23(37)31-20-7-8-21(33-32-20)34-9-11-35(12-10-34)22(36)16-3-1-2-4-17(16)24(27,28)29/h1-8,13H,9-12,14H2,(H2,30,31,32,37). The number of hydrogen-bond donors (Lipinski definition) is 2. The van der Waals surface area contributed by atoms with Crippen molar-refractivity contribution >= 4 is 46.8 Å². The van der Waals surface area contributed by atoms with Gasteiger partial charge in [-0.05, 0) is 42.0 Å². The Morgan fingerprint density at radius 2 is 1.65 bits per heavy atom. The second-order valence-corrected chi connectivity index (χ2v) is 8.97. The Labute approximate surface area is 220 Å². The molecule has 2 aromatic carbocycles. The summed E-state index contributed by atoms with van der Waals surface area (Å²) in [6.45, 7) is 1.41. The molecule has 1 fully saturated rings. The van der Waals surface area contributed by atoms with Crippen LogP contribution in [0, 0.1) is 0 Å². The zero-order valence-electron chi connectivity index (χ0n) is 19.2. The van der Waals surface area contributed by atoms with Gasteiger partial charge in [0.05, 0.1) is 21.2 Å². The van der Waals surface area contributed by atoms with Crippen LogP contribution >= 0.6 is 23.2 Å². The van der Waals surface area contributed by atoms with Gasteiger partial charge in [-0.2, -0.15) is 13.2 Å². The number of hydrogen-bond acceptors (Lipinski definition) is 5. The SMILES string of the molecule is O=C(NCc1ccc(Cl)c(Cl)c1)Nc1ccc(N2CCN(C(=O)c3ccccc3C(F)(F)F)CC2)nn1. The number of carbonyl (C=O) groups is 2. The third-order valence-electron chi connectivity index (χ3n) is 5.68. The second kappa shape index (κ2) is 11.2. The first-order valence-electron chi connectivity index (χ1n) is 11.1. The average Bonchev–Trinajstić information content (AvgIpc) is 2.89. The van der Waals surface area contributed by atoms with Crippen LogP contribution in [0.1, 0.15) is 21.5 Å². The molecule has 1 aromatic heterocycles.